The summed E-state index contributed by atoms with van der Waals surface area (Å²) in [5.74, 6) is 0.903. The number of nitrogens with two attached hydrogens (primary N) is 1. The van der Waals surface area contributed by atoms with Crippen molar-refractivity contribution in [2.45, 2.75) is 39.0 Å². The van der Waals surface area contributed by atoms with Crippen LogP contribution in [-0.2, 0) is 0 Å². The van der Waals surface area contributed by atoms with Gasteiger partial charge in [0.25, 0.3) is 0 Å². The van der Waals surface area contributed by atoms with Gasteiger partial charge >= 0.3 is 0 Å². The lowest BCUT2D eigenvalue weighted by Gasteiger charge is -2.13. The summed E-state index contributed by atoms with van der Waals surface area (Å²) >= 11 is 2.45. The van der Waals surface area contributed by atoms with Crippen LogP contribution in [0.1, 0.15) is 39.0 Å². The molecule has 11 heavy (non-hydrogen) atoms. The summed E-state index contributed by atoms with van der Waals surface area (Å²) in [5, 5.41) is 0. The van der Waals surface area contributed by atoms with Crippen LogP contribution in [0.4, 0.5) is 0 Å². The maximum Gasteiger partial charge on any atom is -0.000463 e. The molecule has 1 atom stereocenters. The van der Waals surface area contributed by atoms with Crippen LogP contribution in [0.2, 0.25) is 0 Å². The Bertz CT molecular complexity index is 70.0. The molecular formula is C9H20IN. The van der Waals surface area contributed by atoms with Crippen molar-refractivity contribution in [3.05, 3.63) is 0 Å². The van der Waals surface area contributed by atoms with Crippen LogP contribution in [0, 0.1) is 5.92 Å². The van der Waals surface area contributed by atoms with E-state index in [1.54, 1.807) is 0 Å². The summed E-state index contributed by atoms with van der Waals surface area (Å²) in [4.78, 5) is 0. The molecule has 0 aromatic carbocycles. The van der Waals surface area contributed by atoms with Gasteiger partial charge in [-0.05, 0) is 36.2 Å². The highest BCUT2D eigenvalue weighted by Crippen LogP contribution is 2.17. The molecule has 0 saturated heterocycles. The van der Waals surface area contributed by atoms with Crippen molar-refractivity contribution in [2.75, 3.05) is 11.0 Å². The Morgan fingerprint density at radius 3 is 2.45 bits per heavy atom. The molecule has 2 N–H and O–H groups in total. The Balaban J connectivity index is 3.34. The molecular weight excluding hydrogens is 249 g/mol. The summed E-state index contributed by atoms with van der Waals surface area (Å²) < 4.78 is 1.29. The molecule has 0 fully saturated rings. The second-order valence-electron chi connectivity index (χ2n) is 3.06. The van der Waals surface area contributed by atoms with E-state index in [0.29, 0.717) is 0 Å². The smallest absolute Gasteiger partial charge is 0.000463 e. The van der Waals surface area contributed by atoms with Gasteiger partial charge in [0.15, 0.2) is 0 Å². The lowest BCUT2D eigenvalue weighted by atomic mass is 9.95. The number of alkyl halides is 1. The van der Waals surface area contributed by atoms with Gasteiger partial charge in [0.1, 0.15) is 0 Å². The molecule has 1 unspecified atom stereocenters. The van der Waals surface area contributed by atoms with Crippen molar-refractivity contribution in [3.8, 4) is 0 Å². The zero-order valence-corrected chi connectivity index (χ0v) is 9.64. The molecule has 2 heteroatoms. The molecule has 0 aromatic heterocycles. The van der Waals surface area contributed by atoms with E-state index in [2.05, 4.69) is 29.5 Å². The van der Waals surface area contributed by atoms with Crippen molar-refractivity contribution in [2.24, 2.45) is 11.7 Å². The van der Waals surface area contributed by atoms with Gasteiger partial charge in [0.2, 0.25) is 0 Å². The zero-order valence-electron chi connectivity index (χ0n) is 7.48. The van der Waals surface area contributed by atoms with E-state index < -0.39 is 0 Å². The van der Waals surface area contributed by atoms with Crippen LogP contribution in [0.25, 0.3) is 0 Å². The first-order chi connectivity index (χ1) is 5.35. The Labute approximate surface area is 84.3 Å². The first-order valence-corrected chi connectivity index (χ1v) is 6.13. The predicted molar refractivity (Wildman–Crippen MR) is 60.2 cm³/mol. The largest absolute Gasteiger partial charge is 0.330 e. The van der Waals surface area contributed by atoms with E-state index >= 15 is 0 Å². The first kappa shape index (κ1) is 11.7. The Morgan fingerprint density at radius 1 is 1.27 bits per heavy atom. The van der Waals surface area contributed by atoms with Gasteiger partial charge in [-0.15, -0.1) is 0 Å². The number of rotatable bonds is 7. The van der Waals surface area contributed by atoms with Crippen molar-refractivity contribution in [1.29, 1.82) is 0 Å². The number of hydrogen-bond donors (Lipinski definition) is 1. The number of hydrogen-bond acceptors (Lipinski definition) is 1. The molecule has 0 rings (SSSR count). The van der Waals surface area contributed by atoms with E-state index in [9.17, 15) is 0 Å². The van der Waals surface area contributed by atoms with E-state index in [-0.39, 0.29) is 0 Å². The molecule has 0 aliphatic heterocycles. The summed E-state index contributed by atoms with van der Waals surface area (Å²) in [6.45, 7) is 3.12. The maximum absolute atomic E-state index is 5.53. The van der Waals surface area contributed by atoms with Crippen LogP contribution in [-0.4, -0.2) is 11.0 Å². The fraction of sp³-hybridized carbons (Fsp3) is 1.00. The summed E-state index contributed by atoms with van der Waals surface area (Å²) in [7, 11) is 0. The van der Waals surface area contributed by atoms with Gasteiger partial charge < -0.3 is 5.73 Å². The minimum absolute atomic E-state index is 0.867. The summed E-state index contributed by atoms with van der Waals surface area (Å²) in [6.07, 6.45) is 6.66. The van der Waals surface area contributed by atoms with Gasteiger partial charge in [-0.1, -0.05) is 42.4 Å². The highest BCUT2D eigenvalue weighted by atomic mass is 127. The van der Waals surface area contributed by atoms with Gasteiger partial charge in [-0.25, -0.2) is 0 Å². The molecule has 0 bridgehead atoms. The van der Waals surface area contributed by atoms with Crippen LogP contribution in [0.5, 0.6) is 0 Å². The Hall–Kier alpha value is 0.690. The molecule has 0 aliphatic carbocycles. The highest BCUT2D eigenvalue weighted by molar-refractivity contribution is 14.1. The van der Waals surface area contributed by atoms with Gasteiger partial charge in [-0.2, -0.15) is 0 Å². The second kappa shape index (κ2) is 8.78. The lowest BCUT2D eigenvalue weighted by Crippen LogP contribution is -2.08. The third-order valence-electron chi connectivity index (χ3n) is 2.02. The normalized spacial score (nSPS) is 13.4. The highest BCUT2D eigenvalue weighted by Gasteiger charge is 2.04. The van der Waals surface area contributed by atoms with Crippen molar-refractivity contribution in [1.82, 2.24) is 0 Å². The van der Waals surface area contributed by atoms with Crippen LogP contribution < -0.4 is 5.73 Å². The fourth-order valence-electron chi connectivity index (χ4n) is 1.44. The quantitative estimate of drug-likeness (QED) is 0.558. The minimum atomic E-state index is 0.867. The van der Waals surface area contributed by atoms with Crippen LogP contribution >= 0.6 is 22.6 Å². The maximum atomic E-state index is 5.53. The Morgan fingerprint density at radius 2 is 2.00 bits per heavy atom. The van der Waals surface area contributed by atoms with E-state index in [1.807, 2.05) is 0 Å². The molecule has 0 amide bonds. The van der Waals surface area contributed by atoms with Crippen molar-refractivity contribution < 1.29 is 0 Å². The topological polar surface area (TPSA) is 26.0 Å². The van der Waals surface area contributed by atoms with E-state index in [0.717, 1.165) is 12.5 Å². The molecule has 0 aromatic rings. The predicted octanol–water partition coefficient (Wildman–Crippen LogP) is 2.97. The monoisotopic (exact) mass is 269 g/mol. The first-order valence-electron chi connectivity index (χ1n) is 4.61. The fourth-order valence-corrected chi connectivity index (χ4v) is 1.88. The molecule has 0 saturated carbocycles. The average Bonchev–Trinajstić information content (AvgIpc) is 2.01. The van der Waals surface area contributed by atoms with Gasteiger partial charge in [0, 0.05) is 0 Å². The van der Waals surface area contributed by atoms with Crippen LogP contribution in [0.15, 0.2) is 0 Å². The van der Waals surface area contributed by atoms with Gasteiger partial charge in [0.05, 0.1) is 0 Å². The third kappa shape index (κ3) is 7.06. The van der Waals surface area contributed by atoms with E-state index in [4.69, 9.17) is 5.73 Å². The Kier molecular flexibility index (Phi) is 9.33. The third-order valence-corrected chi connectivity index (χ3v) is 2.78. The van der Waals surface area contributed by atoms with Gasteiger partial charge in [-0.3, -0.25) is 0 Å². The average molecular weight is 269 g/mol. The lowest BCUT2D eigenvalue weighted by molar-refractivity contribution is 0.419. The summed E-state index contributed by atoms with van der Waals surface area (Å²) in [5.41, 5.74) is 5.53. The van der Waals surface area contributed by atoms with Crippen molar-refractivity contribution >= 4 is 22.6 Å². The SMILES string of the molecule is CCCC(CCN)CCCI. The van der Waals surface area contributed by atoms with Crippen molar-refractivity contribution in [3.63, 3.8) is 0 Å². The summed E-state index contributed by atoms with van der Waals surface area (Å²) in [6, 6.07) is 0. The number of halogens is 1. The van der Waals surface area contributed by atoms with E-state index in [1.165, 1.54) is 36.5 Å². The molecule has 1 nitrogen and oxygen atoms in total. The molecule has 0 radical (unpaired) electrons. The zero-order chi connectivity index (χ0) is 8.53. The minimum Gasteiger partial charge on any atom is -0.330 e. The molecule has 0 aliphatic rings. The molecule has 0 heterocycles. The molecule has 0 spiro atoms. The molecule has 68 valence electrons. The standard InChI is InChI=1S/C9H20IN/c1-2-4-9(6-8-11)5-3-7-10/h9H,2-8,11H2,1H3. The van der Waals surface area contributed by atoms with Crippen LogP contribution in [0.3, 0.4) is 0 Å². The second-order valence-corrected chi connectivity index (χ2v) is 4.14.